The van der Waals surface area contributed by atoms with Gasteiger partial charge in [0.15, 0.2) is 34.9 Å². The molecule has 2 spiro atoms. The van der Waals surface area contributed by atoms with Crippen molar-refractivity contribution in [3.05, 3.63) is 554 Å². The Bertz CT molecular complexity index is 10200. The first-order valence-corrected chi connectivity index (χ1v) is 50.9. The van der Waals surface area contributed by atoms with Gasteiger partial charge in [-0.15, -0.1) is 0 Å². The van der Waals surface area contributed by atoms with Gasteiger partial charge in [0, 0.05) is 66.3 Å². The Morgan fingerprint density at radius 3 is 0.750 bits per heavy atom. The van der Waals surface area contributed by atoms with E-state index in [0.29, 0.717) is 34.9 Å². The van der Waals surface area contributed by atoms with Crippen molar-refractivity contribution in [1.29, 1.82) is 0 Å². The summed E-state index contributed by atoms with van der Waals surface area (Å²) in [7, 11) is 0. The summed E-state index contributed by atoms with van der Waals surface area (Å²) in [6.45, 7) is 0. The van der Waals surface area contributed by atoms with Crippen LogP contribution in [0.5, 0.6) is 0 Å². The number of aromatic nitrogens is 8. The lowest BCUT2D eigenvalue weighted by molar-refractivity contribution is 0.794. The van der Waals surface area contributed by atoms with E-state index in [4.69, 9.17) is 29.9 Å². The van der Waals surface area contributed by atoms with E-state index in [9.17, 15) is 0 Å². The summed E-state index contributed by atoms with van der Waals surface area (Å²) in [6.07, 6.45) is 0. The van der Waals surface area contributed by atoms with Gasteiger partial charge in [0.25, 0.3) is 0 Å². The highest BCUT2D eigenvalue weighted by Crippen LogP contribution is 2.66. The minimum absolute atomic E-state index is 0.504. The Labute approximate surface area is 852 Å². The number of para-hydroxylation sites is 4. The van der Waals surface area contributed by atoms with Crippen molar-refractivity contribution in [3.63, 3.8) is 0 Å². The van der Waals surface area contributed by atoms with Crippen molar-refractivity contribution in [2.75, 3.05) is 0 Å². The van der Waals surface area contributed by atoms with Crippen LogP contribution < -0.4 is 0 Å². The van der Waals surface area contributed by atoms with Gasteiger partial charge in [-0.05, 0) is 255 Å². The number of benzene rings is 24. The predicted octanol–water partition coefficient (Wildman–Crippen LogP) is 34.9. The van der Waals surface area contributed by atoms with Crippen LogP contribution in [0.4, 0.5) is 0 Å². The molecule has 148 heavy (non-hydrogen) atoms. The van der Waals surface area contributed by atoms with Crippen molar-refractivity contribution < 1.29 is 0 Å². The van der Waals surface area contributed by atoms with Crippen LogP contribution in [0.25, 0.3) is 255 Å². The minimum Gasteiger partial charge on any atom is -0.309 e. The number of hydrogen-bond donors (Lipinski definition) is 0. The molecule has 0 amide bonds. The fourth-order valence-corrected chi connectivity index (χ4v) is 25.9. The maximum atomic E-state index is 5.63. The Morgan fingerprint density at radius 2 is 0.378 bits per heavy atom. The first-order chi connectivity index (χ1) is 73.4. The largest absolute Gasteiger partial charge is 0.309 e. The van der Waals surface area contributed by atoms with Crippen molar-refractivity contribution >= 4 is 108 Å². The fraction of sp³-hybridized carbons (Fsp3) is 0.0143. The molecule has 0 N–H and O–H groups in total. The molecule has 28 aromatic rings. The predicted molar refractivity (Wildman–Crippen MR) is 609 cm³/mol. The van der Waals surface area contributed by atoms with Crippen LogP contribution in [0, 0.1) is 0 Å². The number of rotatable bonds is 10. The smallest absolute Gasteiger partial charge is 0.164 e. The molecule has 8 nitrogen and oxygen atoms in total. The van der Waals surface area contributed by atoms with Crippen LogP contribution >= 0.6 is 0 Å². The van der Waals surface area contributed by atoms with Gasteiger partial charge in [-0.3, -0.25) is 0 Å². The molecule has 0 saturated heterocycles. The van der Waals surface area contributed by atoms with E-state index in [2.05, 4.69) is 507 Å². The van der Waals surface area contributed by atoms with Crippen LogP contribution in [0.3, 0.4) is 0 Å². The Hall–Kier alpha value is -19.5. The molecule has 8 heteroatoms. The van der Waals surface area contributed by atoms with Gasteiger partial charge < -0.3 is 9.13 Å². The summed E-state index contributed by atoms with van der Waals surface area (Å²) in [4.78, 5) is 32.9. The highest BCUT2D eigenvalue weighted by Gasteiger charge is 2.54. The Kier molecular flexibility index (Phi) is 18.2. The average Bonchev–Trinajstić information content (AvgIpc) is 1.51. The highest BCUT2D eigenvalue weighted by atomic mass is 15.1. The molecule has 0 bridgehead atoms. The summed E-state index contributed by atoms with van der Waals surface area (Å²) in [5.74, 6) is 3.69. The highest BCUT2D eigenvalue weighted by molar-refractivity contribution is 6.28. The molecule has 4 aliphatic rings. The van der Waals surface area contributed by atoms with E-state index in [0.717, 1.165) is 94.6 Å². The van der Waals surface area contributed by atoms with E-state index in [1.165, 1.54) is 170 Å². The first-order valence-electron chi connectivity index (χ1n) is 50.9. The summed E-state index contributed by atoms with van der Waals surface area (Å²) in [5.41, 5.74) is 35.7. The average molecular weight is 1880 g/mol. The maximum Gasteiger partial charge on any atom is 0.164 e. The zero-order valence-electron chi connectivity index (χ0n) is 80.1. The number of hydrogen-bond acceptors (Lipinski definition) is 6. The molecule has 0 aliphatic heterocycles. The van der Waals surface area contributed by atoms with Crippen LogP contribution in [0.1, 0.15) is 44.5 Å². The summed E-state index contributed by atoms with van der Waals surface area (Å²) in [6, 6.07) is 186. The molecule has 4 heterocycles. The third-order valence-corrected chi connectivity index (χ3v) is 32.0. The van der Waals surface area contributed by atoms with Gasteiger partial charge in [-0.1, -0.05) is 431 Å². The van der Waals surface area contributed by atoms with Gasteiger partial charge in [0.2, 0.25) is 0 Å². The molecule has 24 aromatic carbocycles. The lowest BCUT2D eigenvalue weighted by Crippen LogP contribution is -2.25. The van der Waals surface area contributed by atoms with Crippen LogP contribution in [-0.4, -0.2) is 39.0 Å². The lowest BCUT2D eigenvalue weighted by Gasteiger charge is -2.30. The van der Waals surface area contributed by atoms with Crippen molar-refractivity contribution in [2.24, 2.45) is 0 Å². The quantitative estimate of drug-likeness (QED) is 0.127. The summed E-state index contributed by atoms with van der Waals surface area (Å²) in [5, 5.41) is 19.7. The SMILES string of the molecule is c1ccc(-c2nc(-c3cc(-c4ccc5c6ccccc6c6ccccc6c5c4)cc(-n4c5ccccc5c5ccccc54)c3)nc(-c3ccc4c(c3)C3(c5ccccc5-c5ccccc53)c3ccccc3-4)n2)cc1.c1ccc(-c2nc(-c3cc(-c4ccc5c6ccccc6c6ccccc6c5c4)cc(-n4c5ccccc5c5ccccc54)c3)nc(-c3cccc4c3-c3ccccc3C43c4ccccc4-c4ccccc43)n2)cc1. The van der Waals surface area contributed by atoms with Crippen molar-refractivity contribution in [1.82, 2.24) is 39.0 Å². The van der Waals surface area contributed by atoms with Crippen molar-refractivity contribution in [3.8, 4) is 146 Å². The zero-order chi connectivity index (χ0) is 97.0. The molecule has 32 rings (SSSR count). The first kappa shape index (κ1) is 83.1. The minimum atomic E-state index is -0.504. The molecule has 0 radical (unpaired) electrons. The van der Waals surface area contributed by atoms with Gasteiger partial charge >= 0.3 is 0 Å². The van der Waals surface area contributed by atoms with E-state index >= 15 is 0 Å². The van der Waals surface area contributed by atoms with Gasteiger partial charge in [0.05, 0.1) is 32.9 Å². The summed E-state index contributed by atoms with van der Waals surface area (Å²) >= 11 is 0. The Morgan fingerprint density at radius 1 is 0.128 bits per heavy atom. The van der Waals surface area contributed by atoms with Crippen LogP contribution in [-0.2, 0) is 10.8 Å². The van der Waals surface area contributed by atoms with Gasteiger partial charge in [-0.2, -0.15) is 0 Å². The maximum absolute atomic E-state index is 5.63. The van der Waals surface area contributed by atoms with E-state index in [1.54, 1.807) is 0 Å². The molecule has 4 aliphatic carbocycles. The van der Waals surface area contributed by atoms with Gasteiger partial charge in [0.1, 0.15) is 0 Å². The molecule has 684 valence electrons. The van der Waals surface area contributed by atoms with Crippen LogP contribution in [0.2, 0.25) is 0 Å². The van der Waals surface area contributed by atoms with E-state index < -0.39 is 10.8 Å². The van der Waals surface area contributed by atoms with Crippen molar-refractivity contribution in [2.45, 2.75) is 10.8 Å². The Balaban J connectivity index is 0.000000134. The van der Waals surface area contributed by atoms with Gasteiger partial charge in [-0.25, -0.2) is 29.9 Å². The monoisotopic (exact) mass is 1880 g/mol. The molecular formula is C140H84N8. The number of nitrogens with zero attached hydrogens (tertiary/aromatic N) is 8. The molecular weight excluding hydrogens is 1790 g/mol. The molecule has 0 fully saturated rings. The standard InChI is InChI=1S/2C70H42N4/c1-2-19-43(20-3-1)67-71-68(73-69(72-67)58-30-18-34-63-66(58)57-29-10-15-33-62(57)70(63)60-31-13-8-25-53(60)54-26-9-14-32-61(54)70)46-39-45(40-47(41-46)74-64-35-16-11-27-55(64)56-28-12-17-36-65(56)74)44-37-38-52-50-23-5-4-21-48(50)49-22-6-7-24-51(49)59(52)42-44;1-2-18-43(19-3-1)67-71-68(45-35-37-57-56-26-10-15-31-63(56)70(64(57)42-45)61-29-13-8-24-54(61)55-25-9-14-30-62(55)70)73-69(72-67)47-38-46(39-48(40-47)74-65-32-16-11-27-58(65)59-28-12-17-33-66(59)74)44-34-36-53-51-22-5-4-20-49(51)50-21-6-7-23-52(50)60(53)41-44/h2*1-42H. The second-order valence-corrected chi connectivity index (χ2v) is 39.6. The third kappa shape index (κ3) is 12.2. The fourth-order valence-electron chi connectivity index (χ4n) is 25.9. The van der Waals surface area contributed by atoms with Crippen LogP contribution in [0.15, 0.2) is 510 Å². The zero-order valence-corrected chi connectivity index (χ0v) is 80.1. The molecule has 0 atom stereocenters. The molecule has 0 saturated carbocycles. The molecule has 0 unspecified atom stereocenters. The third-order valence-electron chi connectivity index (χ3n) is 32.0. The second-order valence-electron chi connectivity index (χ2n) is 39.6. The lowest BCUT2D eigenvalue weighted by atomic mass is 9.70. The van der Waals surface area contributed by atoms with E-state index in [1.807, 2.05) is 12.1 Å². The summed E-state index contributed by atoms with van der Waals surface area (Å²) < 4.78 is 4.80. The molecule has 4 aromatic heterocycles. The van der Waals surface area contributed by atoms with E-state index in [-0.39, 0.29) is 0 Å². The number of fused-ring (bicyclic) bond motifs is 38. The topological polar surface area (TPSA) is 87.2 Å². The normalized spacial score (nSPS) is 13.0. The second kappa shape index (κ2) is 32.5.